The zero-order valence-electron chi connectivity index (χ0n) is 38.4. The van der Waals surface area contributed by atoms with Crippen LogP contribution >= 0.6 is 0 Å². The number of fused-ring (bicyclic) bond motifs is 1. The molecule has 0 saturated carbocycles. The summed E-state index contributed by atoms with van der Waals surface area (Å²) in [6, 6.07) is 55.5. The fraction of sp³-hybridized carbons (Fsp3) is 0.190. The molecule has 64 heavy (non-hydrogen) atoms. The lowest BCUT2D eigenvalue weighted by atomic mass is 9.79. The number of phenolic OH excluding ortho intramolecular Hbond substituents is 1. The molecule has 0 bridgehead atoms. The van der Waals surface area contributed by atoms with Crippen LogP contribution in [-0.4, -0.2) is 32.7 Å². The molecular weight excluding hydrogens is 797 g/mol. The predicted molar refractivity (Wildman–Crippen MR) is 271 cm³/mol. The first kappa shape index (κ1) is 42.4. The van der Waals surface area contributed by atoms with Gasteiger partial charge in [0.05, 0.1) is 25.0 Å². The Kier molecular flexibility index (Phi) is 10.8. The van der Waals surface area contributed by atoms with Crippen molar-refractivity contribution in [2.75, 3.05) is 0 Å². The summed E-state index contributed by atoms with van der Waals surface area (Å²) in [6.07, 6.45) is 4.01. The first-order valence-electron chi connectivity index (χ1n) is 22.2. The van der Waals surface area contributed by atoms with E-state index >= 15 is 0 Å². The fourth-order valence-electron chi connectivity index (χ4n) is 8.75. The van der Waals surface area contributed by atoms with Crippen LogP contribution in [0.4, 0.5) is 0 Å². The second kappa shape index (κ2) is 16.3. The fourth-order valence-corrected chi connectivity index (χ4v) is 10.2. The Morgan fingerprint density at radius 2 is 1.08 bits per heavy atom. The number of para-hydroxylation sites is 1. The van der Waals surface area contributed by atoms with E-state index in [1.54, 1.807) is 0 Å². The van der Waals surface area contributed by atoms with Gasteiger partial charge in [-0.2, -0.15) is 0 Å². The summed E-state index contributed by atoms with van der Waals surface area (Å²) in [4.78, 5) is 16.0. The number of phenols is 1. The second-order valence-corrected chi connectivity index (χ2v) is 25.0. The molecule has 6 aromatic carbocycles. The summed E-state index contributed by atoms with van der Waals surface area (Å²) in [5.74, 6) is 0.856. The zero-order valence-corrected chi connectivity index (χ0v) is 39.4. The van der Waals surface area contributed by atoms with Crippen LogP contribution < -0.4 is 5.19 Å². The van der Waals surface area contributed by atoms with Crippen molar-refractivity contribution in [2.45, 2.75) is 72.0 Å². The van der Waals surface area contributed by atoms with E-state index in [4.69, 9.17) is 15.0 Å². The van der Waals surface area contributed by atoms with Crippen molar-refractivity contribution in [1.29, 1.82) is 0 Å². The molecule has 6 heteroatoms. The van der Waals surface area contributed by atoms with Crippen molar-refractivity contribution in [3.8, 4) is 78.6 Å². The molecule has 318 valence electrons. The minimum absolute atomic E-state index is 0.194. The molecule has 0 saturated heterocycles. The maximum atomic E-state index is 12.5. The monoisotopic (exact) mass is 852 g/mol. The van der Waals surface area contributed by atoms with E-state index in [-0.39, 0.29) is 16.6 Å². The summed E-state index contributed by atoms with van der Waals surface area (Å²) in [6.45, 7) is 20.3. The number of rotatable bonds is 8. The van der Waals surface area contributed by atoms with Gasteiger partial charge in [-0.15, -0.1) is 0 Å². The van der Waals surface area contributed by atoms with Crippen molar-refractivity contribution in [2.24, 2.45) is 0 Å². The highest BCUT2D eigenvalue weighted by molar-refractivity contribution is 6.89. The number of imidazole rings is 1. The molecule has 0 aliphatic carbocycles. The van der Waals surface area contributed by atoms with Crippen molar-refractivity contribution in [3.05, 3.63) is 181 Å². The lowest BCUT2D eigenvalue weighted by Gasteiger charge is -2.27. The van der Waals surface area contributed by atoms with Gasteiger partial charge in [0.1, 0.15) is 11.3 Å². The number of pyridine rings is 2. The third-order valence-corrected chi connectivity index (χ3v) is 14.3. The molecule has 3 aromatic heterocycles. The van der Waals surface area contributed by atoms with Crippen LogP contribution in [0.1, 0.15) is 52.7 Å². The van der Waals surface area contributed by atoms with Gasteiger partial charge in [-0.3, -0.25) is 9.55 Å². The summed E-state index contributed by atoms with van der Waals surface area (Å²) in [5.41, 5.74) is 15.1. The Balaban J connectivity index is 1.35. The van der Waals surface area contributed by atoms with Gasteiger partial charge in [-0.05, 0) is 97.4 Å². The number of hydrogen-bond acceptors (Lipinski definition) is 4. The van der Waals surface area contributed by atoms with Gasteiger partial charge < -0.3 is 5.11 Å². The van der Waals surface area contributed by atoms with Crippen molar-refractivity contribution in [3.63, 3.8) is 0 Å². The van der Waals surface area contributed by atoms with Crippen LogP contribution in [0, 0.1) is 0 Å². The van der Waals surface area contributed by atoms with E-state index in [0.29, 0.717) is 17.0 Å². The normalized spacial score (nSPS) is 12.2. The lowest BCUT2D eigenvalue weighted by Crippen LogP contribution is -2.39. The first-order chi connectivity index (χ1) is 30.6. The van der Waals surface area contributed by atoms with Gasteiger partial charge in [-0.25, -0.2) is 9.97 Å². The number of hydrogen-bond donors (Lipinski definition) is 1. The Hall–Kier alpha value is -6.89. The summed E-state index contributed by atoms with van der Waals surface area (Å²) in [5, 5.41) is 13.8. The van der Waals surface area contributed by atoms with Crippen LogP contribution in [0.5, 0.6) is 5.75 Å². The van der Waals surface area contributed by atoms with Crippen molar-refractivity contribution in [1.82, 2.24) is 19.5 Å². The summed E-state index contributed by atoms with van der Waals surface area (Å²) >= 11 is 0. The number of benzene rings is 6. The average Bonchev–Trinajstić information content (AvgIpc) is 3.68. The van der Waals surface area contributed by atoms with E-state index < -0.39 is 8.07 Å². The van der Waals surface area contributed by atoms with Crippen molar-refractivity contribution < 1.29 is 5.11 Å². The predicted octanol–water partition coefficient (Wildman–Crippen LogP) is 14.7. The van der Waals surface area contributed by atoms with Crippen molar-refractivity contribution >= 4 is 24.4 Å². The van der Waals surface area contributed by atoms with Crippen LogP contribution in [-0.2, 0) is 10.8 Å². The first-order valence-corrected chi connectivity index (χ1v) is 25.7. The topological polar surface area (TPSA) is 63.8 Å². The SMILES string of the molecule is CC(C)(C)c1cc(-c2nc3c(-c4cc(-c5ccccc5)cc(-c5cc(-c6ccccc6)c([Si](C)(C)C)cn5)c4)ccnc3n2-c2ccccc2-c2ccccc2)c(O)c(C(C)(C)C)c1. The third kappa shape index (κ3) is 8.10. The highest BCUT2D eigenvalue weighted by atomic mass is 28.3. The van der Waals surface area contributed by atoms with E-state index in [9.17, 15) is 5.11 Å². The van der Waals surface area contributed by atoms with Crippen LogP contribution in [0.2, 0.25) is 19.6 Å². The van der Waals surface area contributed by atoms with Crippen LogP contribution in [0.3, 0.4) is 0 Å². The van der Waals surface area contributed by atoms with Gasteiger partial charge in [0.15, 0.2) is 11.5 Å². The largest absolute Gasteiger partial charge is 0.507 e. The molecule has 1 N–H and O–H groups in total. The Labute approximate surface area is 379 Å². The van der Waals surface area contributed by atoms with Gasteiger partial charge in [0.2, 0.25) is 0 Å². The van der Waals surface area contributed by atoms with E-state index in [1.165, 1.54) is 16.3 Å². The molecular formula is C58H56N4OSi. The Morgan fingerprint density at radius 1 is 0.500 bits per heavy atom. The second-order valence-electron chi connectivity index (χ2n) is 20.0. The van der Waals surface area contributed by atoms with Gasteiger partial charge in [-0.1, -0.05) is 176 Å². The van der Waals surface area contributed by atoms with Crippen LogP contribution in [0.25, 0.3) is 84.0 Å². The molecule has 9 rings (SSSR count). The molecule has 0 atom stereocenters. The summed E-state index contributed by atoms with van der Waals surface area (Å²) < 4.78 is 2.15. The molecule has 0 radical (unpaired) electrons. The highest BCUT2D eigenvalue weighted by Crippen LogP contribution is 2.45. The maximum absolute atomic E-state index is 12.5. The molecule has 5 nitrogen and oxygen atoms in total. The van der Waals surface area contributed by atoms with E-state index in [0.717, 1.165) is 67.0 Å². The van der Waals surface area contributed by atoms with Gasteiger partial charge in [0, 0.05) is 34.6 Å². The zero-order chi connectivity index (χ0) is 45.0. The number of aromatic nitrogens is 4. The highest BCUT2D eigenvalue weighted by Gasteiger charge is 2.30. The lowest BCUT2D eigenvalue weighted by molar-refractivity contribution is 0.446. The molecule has 0 unspecified atom stereocenters. The molecule has 0 aliphatic rings. The van der Waals surface area contributed by atoms with Gasteiger partial charge >= 0.3 is 0 Å². The van der Waals surface area contributed by atoms with Crippen LogP contribution in [0.15, 0.2) is 170 Å². The Bertz CT molecular complexity index is 3150. The maximum Gasteiger partial charge on any atom is 0.165 e. The molecule has 0 amide bonds. The standard InChI is InChI=1S/C58H56N4OSi/c1-57(2,3)44-34-48(54(63)49(35-44)58(4,5)6)55-61-53-46(29-30-59-56(53)62(55)51-28-20-19-27-45(51)39-23-15-11-16-24-39)42-31-41(38-21-13-10-14-22-38)32-43(33-42)50-36-47(40-25-17-12-18-26-40)52(37-60-50)64(7,8)9/h10-37,63H,1-9H3. The molecule has 9 aromatic rings. The summed E-state index contributed by atoms with van der Waals surface area (Å²) in [7, 11) is -1.76. The minimum atomic E-state index is -1.76. The molecule has 3 heterocycles. The Morgan fingerprint density at radius 3 is 1.70 bits per heavy atom. The smallest absolute Gasteiger partial charge is 0.165 e. The molecule has 0 fully saturated rings. The average molecular weight is 853 g/mol. The van der Waals surface area contributed by atoms with E-state index in [2.05, 4.69) is 224 Å². The minimum Gasteiger partial charge on any atom is -0.507 e. The van der Waals surface area contributed by atoms with Gasteiger partial charge in [0.25, 0.3) is 0 Å². The number of nitrogens with zero attached hydrogens (tertiary/aromatic N) is 4. The number of aromatic hydroxyl groups is 1. The third-order valence-electron chi connectivity index (χ3n) is 12.2. The molecule has 0 aliphatic heterocycles. The molecule has 0 spiro atoms. The quantitative estimate of drug-likeness (QED) is 0.155. The van der Waals surface area contributed by atoms with E-state index in [1.807, 2.05) is 12.3 Å².